The van der Waals surface area contributed by atoms with Gasteiger partial charge in [-0.2, -0.15) is 5.10 Å². The van der Waals surface area contributed by atoms with E-state index in [0.717, 1.165) is 11.1 Å². The standard InChI is InChI=1S/C15H13FN4/c1-9-2-3-12(16)11(8-9)14-13(15(17)20-19-14)10-4-6-18-7-5-10/h2-8H,1H3,(H3,17,19,20). The Morgan fingerprint density at radius 2 is 1.90 bits per heavy atom. The third kappa shape index (κ3) is 2.03. The predicted octanol–water partition coefficient (Wildman–Crippen LogP) is 3.17. The van der Waals surface area contributed by atoms with Gasteiger partial charge in [0, 0.05) is 18.0 Å². The molecule has 2 heterocycles. The molecule has 0 aliphatic rings. The number of halogens is 1. The van der Waals surface area contributed by atoms with Crippen LogP contribution in [0.25, 0.3) is 22.4 Å². The number of rotatable bonds is 2. The molecule has 0 saturated carbocycles. The minimum Gasteiger partial charge on any atom is -0.382 e. The Kier molecular flexibility index (Phi) is 2.95. The summed E-state index contributed by atoms with van der Waals surface area (Å²) in [4.78, 5) is 3.97. The summed E-state index contributed by atoms with van der Waals surface area (Å²) in [6.07, 6.45) is 3.33. The van der Waals surface area contributed by atoms with Crippen LogP contribution in [0.15, 0.2) is 42.7 Å². The number of nitrogens with two attached hydrogens (primary N) is 1. The van der Waals surface area contributed by atoms with Gasteiger partial charge in [-0.1, -0.05) is 11.6 Å². The van der Waals surface area contributed by atoms with Crippen LogP contribution in [0, 0.1) is 12.7 Å². The van der Waals surface area contributed by atoms with E-state index < -0.39 is 0 Å². The number of nitrogens with one attached hydrogen (secondary N) is 1. The first-order chi connectivity index (χ1) is 9.66. The van der Waals surface area contributed by atoms with Crippen molar-refractivity contribution in [3.05, 3.63) is 54.1 Å². The molecule has 3 aromatic rings. The van der Waals surface area contributed by atoms with Crippen molar-refractivity contribution in [3.63, 3.8) is 0 Å². The summed E-state index contributed by atoms with van der Waals surface area (Å²) in [6.45, 7) is 1.91. The molecule has 0 aliphatic carbocycles. The quantitative estimate of drug-likeness (QED) is 0.750. The van der Waals surface area contributed by atoms with Crippen molar-refractivity contribution < 1.29 is 4.39 Å². The van der Waals surface area contributed by atoms with Crippen molar-refractivity contribution >= 4 is 5.82 Å². The number of H-pyrrole nitrogens is 1. The Bertz CT molecular complexity index is 750. The van der Waals surface area contributed by atoms with Crippen LogP contribution in [0.4, 0.5) is 10.2 Å². The van der Waals surface area contributed by atoms with E-state index in [1.165, 1.54) is 6.07 Å². The summed E-state index contributed by atoms with van der Waals surface area (Å²) >= 11 is 0. The zero-order valence-electron chi connectivity index (χ0n) is 10.9. The predicted molar refractivity (Wildman–Crippen MR) is 76.4 cm³/mol. The van der Waals surface area contributed by atoms with Gasteiger partial charge in [0.05, 0.1) is 11.3 Å². The highest BCUT2D eigenvalue weighted by atomic mass is 19.1. The van der Waals surface area contributed by atoms with E-state index in [9.17, 15) is 4.39 Å². The van der Waals surface area contributed by atoms with Gasteiger partial charge in [0.25, 0.3) is 0 Å². The highest BCUT2D eigenvalue weighted by Crippen LogP contribution is 2.35. The maximum Gasteiger partial charge on any atom is 0.153 e. The number of aromatic amines is 1. The number of nitrogens with zero attached hydrogens (tertiary/aromatic N) is 2. The van der Waals surface area contributed by atoms with E-state index in [1.54, 1.807) is 24.5 Å². The van der Waals surface area contributed by atoms with Crippen LogP contribution in [-0.2, 0) is 0 Å². The molecule has 0 atom stereocenters. The third-order valence-electron chi connectivity index (χ3n) is 3.15. The van der Waals surface area contributed by atoms with Crippen molar-refractivity contribution in [2.45, 2.75) is 6.92 Å². The fourth-order valence-corrected chi connectivity index (χ4v) is 2.19. The Morgan fingerprint density at radius 1 is 1.15 bits per heavy atom. The molecule has 0 saturated heterocycles. The molecule has 0 bridgehead atoms. The molecule has 0 amide bonds. The van der Waals surface area contributed by atoms with Crippen molar-refractivity contribution in [1.29, 1.82) is 0 Å². The zero-order chi connectivity index (χ0) is 14.1. The molecule has 5 heteroatoms. The molecule has 2 aromatic heterocycles. The van der Waals surface area contributed by atoms with Gasteiger partial charge < -0.3 is 5.73 Å². The maximum absolute atomic E-state index is 14.1. The summed E-state index contributed by atoms with van der Waals surface area (Å²) in [5.74, 6) is 0.0293. The van der Waals surface area contributed by atoms with Gasteiger partial charge in [-0.15, -0.1) is 0 Å². The molecule has 20 heavy (non-hydrogen) atoms. The summed E-state index contributed by atoms with van der Waals surface area (Å²) in [5, 5.41) is 6.83. The lowest BCUT2D eigenvalue weighted by atomic mass is 10.00. The minimum absolute atomic E-state index is 0.311. The number of aromatic nitrogens is 3. The Morgan fingerprint density at radius 3 is 2.65 bits per heavy atom. The number of hydrogen-bond donors (Lipinski definition) is 2. The smallest absolute Gasteiger partial charge is 0.153 e. The van der Waals surface area contributed by atoms with Crippen molar-refractivity contribution in [3.8, 4) is 22.4 Å². The first kappa shape index (κ1) is 12.3. The van der Waals surface area contributed by atoms with Crippen molar-refractivity contribution in [2.75, 3.05) is 5.73 Å². The number of pyridine rings is 1. The number of anilines is 1. The van der Waals surface area contributed by atoms with Gasteiger partial charge >= 0.3 is 0 Å². The normalized spacial score (nSPS) is 10.7. The van der Waals surface area contributed by atoms with E-state index in [2.05, 4.69) is 15.2 Å². The average Bonchev–Trinajstić information content (AvgIpc) is 2.84. The summed E-state index contributed by atoms with van der Waals surface area (Å²) in [7, 11) is 0. The van der Waals surface area contributed by atoms with Crippen LogP contribution in [-0.4, -0.2) is 15.2 Å². The molecule has 1 aromatic carbocycles. The molecular formula is C15H13FN4. The number of benzene rings is 1. The molecule has 100 valence electrons. The second-order valence-electron chi connectivity index (χ2n) is 4.58. The fraction of sp³-hybridized carbons (Fsp3) is 0.0667. The SMILES string of the molecule is Cc1ccc(F)c(-c2[nH]nc(N)c2-c2ccncc2)c1. The number of aryl methyl sites for hydroxylation is 1. The van der Waals surface area contributed by atoms with Gasteiger partial charge in [0.1, 0.15) is 5.82 Å². The second kappa shape index (κ2) is 4.77. The zero-order valence-corrected chi connectivity index (χ0v) is 10.9. The monoisotopic (exact) mass is 268 g/mol. The molecule has 3 N–H and O–H groups in total. The Hall–Kier alpha value is -2.69. The van der Waals surface area contributed by atoms with Gasteiger partial charge in [-0.05, 0) is 36.8 Å². The summed E-state index contributed by atoms with van der Waals surface area (Å²) in [6, 6.07) is 8.58. The van der Waals surface area contributed by atoms with E-state index in [1.807, 2.05) is 19.1 Å². The lowest BCUT2D eigenvalue weighted by Gasteiger charge is -2.06. The molecule has 0 fully saturated rings. The maximum atomic E-state index is 14.1. The number of hydrogen-bond acceptors (Lipinski definition) is 3. The lowest BCUT2D eigenvalue weighted by molar-refractivity contribution is 0.630. The fourth-order valence-electron chi connectivity index (χ4n) is 2.19. The topological polar surface area (TPSA) is 67.6 Å². The number of nitrogen functional groups attached to an aromatic ring is 1. The van der Waals surface area contributed by atoms with Crippen LogP contribution in [0.1, 0.15) is 5.56 Å². The molecule has 3 rings (SSSR count). The summed E-state index contributed by atoms with van der Waals surface area (Å²) < 4.78 is 14.1. The minimum atomic E-state index is -0.311. The molecule has 0 unspecified atom stereocenters. The van der Waals surface area contributed by atoms with Crippen molar-refractivity contribution in [2.24, 2.45) is 0 Å². The molecule has 4 nitrogen and oxygen atoms in total. The van der Waals surface area contributed by atoms with Gasteiger partial charge in [-0.3, -0.25) is 10.1 Å². The van der Waals surface area contributed by atoms with E-state index in [-0.39, 0.29) is 5.82 Å². The molecule has 0 spiro atoms. The first-order valence-corrected chi connectivity index (χ1v) is 6.17. The lowest BCUT2D eigenvalue weighted by Crippen LogP contribution is -1.91. The van der Waals surface area contributed by atoms with Crippen molar-refractivity contribution in [1.82, 2.24) is 15.2 Å². The Balaban J connectivity index is 2.24. The van der Waals surface area contributed by atoms with Gasteiger partial charge in [0.15, 0.2) is 5.82 Å². The van der Waals surface area contributed by atoms with E-state index in [0.29, 0.717) is 22.6 Å². The molecular weight excluding hydrogens is 255 g/mol. The van der Waals surface area contributed by atoms with Crippen LogP contribution in [0.3, 0.4) is 0 Å². The van der Waals surface area contributed by atoms with Gasteiger partial charge in [0.2, 0.25) is 0 Å². The van der Waals surface area contributed by atoms with E-state index >= 15 is 0 Å². The van der Waals surface area contributed by atoms with Crippen LogP contribution in [0.2, 0.25) is 0 Å². The van der Waals surface area contributed by atoms with Crippen LogP contribution >= 0.6 is 0 Å². The molecule has 0 aliphatic heterocycles. The average molecular weight is 268 g/mol. The first-order valence-electron chi connectivity index (χ1n) is 6.17. The van der Waals surface area contributed by atoms with E-state index in [4.69, 9.17) is 5.73 Å². The molecule has 0 radical (unpaired) electrons. The van der Waals surface area contributed by atoms with Gasteiger partial charge in [-0.25, -0.2) is 4.39 Å². The second-order valence-corrected chi connectivity index (χ2v) is 4.58. The summed E-state index contributed by atoms with van der Waals surface area (Å²) in [5.41, 5.74) is 9.46. The van der Waals surface area contributed by atoms with Crippen LogP contribution < -0.4 is 5.73 Å². The largest absolute Gasteiger partial charge is 0.382 e. The Labute approximate surface area is 115 Å². The third-order valence-corrected chi connectivity index (χ3v) is 3.15. The highest BCUT2D eigenvalue weighted by molar-refractivity contribution is 5.87. The highest BCUT2D eigenvalue weighted by Gasteiger charge is 2.17. The van der Waals surface area contributed by atoms with Crippen LogP contribution in [0.5, 0.6) is 0 Å².